The fourth-order valence-corrected chi connectivity index (χ4v) is 6.12. The number of amides is 1. The summed E-state index contributed by atoms with van der Waals surface area (Å²) < 4.78 is 0. The second kappa shape index (κ2) is 7.22. The number of nitrogens with zero attached hydrogens (tertiary/aromatic N) is 2. The van der Waals surface area contributed by atoms with Crippen LogP contribution in [-0.4, -0.2) is 35.1 Å². The van der Waals surface area contributed by atoms with E-state index in [0.29, 0.717) is 30.0 Å². The zero-order valence-corrected chi connectivity index (χ0v) is 15.6. The summed E-state index contributed by atoms with van der Waals surface area (Å²) in [6.45, 7) is 2.40. The number of rotatable bonds is 3. The highest BCUT2D eigenvalue weighted by Crippen LogP contribution is 2.49. The third-order valence-electron chi connectivity index (χ3n) is 7.33. The van der Waals surface area contributed by atoms with Crippen molar-refractivity contribution in [2.24, 2.45) is 28.5 Å². The van der Waals surface area contributed by atoms with Crippen LogP contribution in [0.5, 0.6) is 0 Å². The molecule has 4 rings (SSSR count). The maximum Gasteiger partial charge on any atom is 0.220 e. The monoisotopic (exact) mass is 343 g/mol. The molecule has 5 atom stereocenters. The third-order valence-corrected chi connectivity index (χ3v) is 7.33. The molecule has 25 heavy (non-hydrogen) atoms. The molecule has 2 heterocycles. The normalized spacial score (nSPS) is 39.9. The molecule has 4 nitrogen and oxygen atoms in total. The Balaban J connectivity index is 1.64. The van der Waals surface area contributed by atoms with E-state index in [0.717, 1.165) is 32.1 Å². The van der Waals surface area contributed by atoms with Crippen LogP contribution in [0, 0.1) is 17.8 Å². The van der Waals surface area contributed by atoms with E-state index in [-0.39, 0.29) is 11.8 Å². The Morgan fingerprint density at radius 2 is 1.96 bits per heavy atom. The van der Waals surface area contributed by atoms with E-state index in [1.165, 1.54) is 37.8 Å². The summed E-state index contributed by atoms with van der Waals surface area (Å²) in [5.41, 5.74) is 6.96. The summed E-state index contributed by atoms with van der Waals surface area (Å²) in [5.74, 6) is 1.15. The molecule has 3 fully saturated rings. The van der Waals surface area contributed by atoms with E-state index in [4.69, 9.17) is 10.7 Å². The van der Waals surface area contributed by atoms with Crippen LogP contribution in [-0.2, 0) is 4.79 Å². The van der Waals surface area contributed by atoms with Crippen molar-refractivity contribution in [3.05, 3.63) is 11.8 Å². The van der Waals surface area contributed by atoms with Crippen LogP contribution in [0.2, 0.25) is 0 Å². The first kappa shape index (κ1) is 17.3. The van der Waals surface area contributed by atoms with Crippen molar-refractivity contribution in [3.63, 3.8) is 0 Å². The third kappa shape index (κ3) is 3.18. The summed E-state index contributed by atoms with van der Waals surface area (Å²) in [7, 11) is 0. The van der Waals surface area contributed by atoms with Crippen molar-refractivity contribution < 1.29 is 4.79 Å². The maximum absolute atomic E-state index is 11.8. The summed E-state index contributed by atoms with van der Waals surface area (Å²) in [6, 6.07) is 1.78. The number of carbonyl (C=O) groups excluding carboxylic acids is 1. The number of fused-ring (bicyclic) bond motifs is 1. The largest absolute Gasteiger partial charge is 0.369 e. The Bertz CT molecular complexity index is 563. The van der Waals surface area contributed by atoms with E-state index in [9.17, 15) is 4.79 Å². The molecule has 4 aliphatic rings. The number of aliphatic imine (C=N–C) groups is 1. The van der Waals surface area contributed by atoms with Gasteiger partial charge in [-0.2, -0.15) is 0 Å². The van der Waals surface area contributed by atoms with E-state index in [2.05, 4.69) is 24.1 Å². The van der Waals surface area contributed by atoms with Gasteiger partial charge in [-0.15, -0.1) is 0 Å². The quantitative estimate of drug-likeness (QED) is 0.850. The Morgan fingerprint density at radius 3 is 2.64 bits per heavy atom. The van der Waals surface area contributed by atoms with Crippen molar-refractivity contribution in [2.45, 2.75) is 89.3 Å². The van der Waals surface area contributed by atoms with Crippen LogP contribution in [0.3, 0.4) is 0 Å². The highest BCUT2D eigenvalue weighted by atomic mass is 16.1. The second-order valence-electron chi connectivity index (χ2n) is 8.70. The SMILES string of the molecule is CC1C2CC(C(N)=O)CCC2N(C2CCCCC2)C1C1=CCCC=N1. The summed E-state index contributed by atoms with van der Waals surface area (Å²) in [5, 5.41) is 0. The van der Waals surface area contributed by atoms with Crippen molar-refractivity contribution in [1.29, 1.82) is 0 Å². The van der Waals surface area contributed by atoms with Gasteiger partial charge in [-0.1, -0.05) is 32.3 Å². The highest BCUT2D eigenvalue weighted by Gasteiger charge is 2.52. The average molecular weight is 344 g/mol. The average Bonchev–Trinajstić information content (AvgIpc) is 2.95. The molecule has 138 valence electrons. The minimum Gasteiger partial charge on any atom is -0.369 e. The van der Waals surface area contributed by atoms with Gasteiger partial charge in [0.1, 0.15) is 0 Å². The van der Waals surface area contributed by atoms with Gasteiger partial charge in [0.15, 0.2) is 0 Å². The highest BCUT2D eigenvalue weighted by molar-refractivity contribution is 5.76. The molecule has 2 saturated carbocycles. The van der Waals surface area contributed by atoms with Crippen molar-refractivity contribution in [1.82, 2.24) is 4.90 Å². The molecule has 0 aromatic heterocycles. The molecule has 1 saturated heterocycles. The van der Waals surface area contributed by atoms with E-state index >= 15 is 0 Å². The van der Waals surface area contributed by atoms with Gasteiger partial charge in [0, 0.05) is 24.2 Å². The second-order valence-corrected chi connectivity index (χ2v) is 8.70. The lowest BCUT2D eigenvalue weighted by Gasteiger charge is -2.42. The lowest BCUT2D eigenvalue weighted by atomic mass is 9.73. The number of primary amides is 1. The van der Waals surface area contributed by atoms with Crippen LogP contribution < -0.4 is 5.73 Å². The minimum absolute atomic E-state index is 0.0829. The molecular weight excluding hydrogens is 310 g/mol. The fraction of sp³-hybridized carbons (Fsp3) is 0.810. The van der Waals surface area contributed by atoms with Crippen LogP contribution >= 0.6 is 0 Å². The van der Waals surface area contributed by atoms with Gasteiger partial charge in [0.05, 0.1) is 11.7 Å². The number of carbonyl (C=O) groups is 1. The number of hydrogen-bond acceptors (Lipinski definition) is 3. The standard InChI is InChI=1S/C21H33N3O/c1-14-17-13-15(21(22)25)10-11-19(17)24(16-7-3-2-4-8-16)20(14)18-9-5-6-12-23-18/h9,12,14-17,19-20H,2-8,10-11,13H2,1H3,(H2,22,25). The molecule has 2 N–H and O–H groups in total. The topological polar surface area (TPSA) is 58.7 Å². The predicted molar refractivity (Wildman–Crippen MR) is 101 cm³/mol. The molecule has 1 amide bonds. The van der Waals surface area contributed by atoms with Gasteiger partial charge in [-0.05, 0) is 56.8 Å². The lowest BCUT2D eigenvalue weighted by molar-refractivity contribution is -0.123. The van der Waals surface area contributed by atoms with Crippen LogP contribution in [0.25, 0.3) is 0 Å². The minimum atomic E-state index is -0.0896. The zero-order chi connectivity index (χ0) is 17.4. The summed E-state index contributed by atoms with van der Waals surface area (Å²) >= 11 is 0. The lowest BCUT2D eigenvalue weighted by Crippen LogP contribution is -2.48. The van der Waals surface area contributed by atoms with E-state index in [1.807, 2.05) is 0 Å². The van der Waals surface area contributed by atoms with Crippen molar-refractivity contribution in [3.8, 4) is 0 Å². The molecule has 0 radical (unpaired) electrons. The molecule has 2 aliphatic heterocycles. The first-order valence-corrected chi connectivity index (χ1v) is 10.5. The molecule has 0 spiro atoms. The molecule has 5 unspecified atom stereocenters. The molecule has 0 aromatic rings. The molecule has 4 heteroatoms. The van der Waals surface area contributed by atoms with E-state index in [1.54, 1.807) is 0 Å². The number of hydrogen-bond donors (Lipinski definition) is 1. The molecular formula is C21H33N3O. The van der Waals surface area contributed by atoms with Crippen molar-refractivity contribution >= 4 is 12.1 Å². The Morgan fingerprint density at radius 1 is 1.16 bits per heavy atom. The smallest absolute Gasteiger partial charge is 0.220 e. The fourth-order valence-electron chi connectivity index (χ4n) is 6.12. The van der Waals surface area contributed by atoms with Gasteiger partial charge in [0.25, 0.3) is 0 Å². The first-order valence-electron chi connectivity index (χ1n) is 10.5. The molecule has 0 aromatic carbocycles. The Kier molecular flexibility index (Phi) is 4.99. The van der Waals surface area contributed by atoms with E-state index < -0.39 is 0 Å². The van der Waals surface area contributed by atoms with Gasteiger partial charge >= 0.3 is 0 Å². The number of likely N-dealkylation sites (tertiary alicyclic amines) is 1. The number of nitrogens with two attached hydrogens (primary N) is 1. The summed E-state index contributed by atoms with van der Waals surface area (Å²) in [6.07, 6.45) is 16.6. The predicted octanol–water partition coefficient (Wildman–Crippen LogP) is 3.66. The van der Waals surface area contributed by atoms with Crippen LogP contribution in [0.15, 0.2) is 16.8 Å². The van der Waals surface area contributed by atoms with Gasteiger partial charge in [0.2, 0.25) is 5.91 Å². The Hall–Kier alpha value is -1.16. The van der Waals surface area contributed by atoms with Crippen molar-refractivity contribution in [2.75, 3.05) is 0 Å². The first-order chi connectivity index (χ1) is 12.2. The van der Waals surface area contributed by atoms with Gasteiger partial charge < -0.3 is 5.73 Å². The zero-order valence-electron chi connectivity index (χ0n) is 15.6. The van der Waals surface area contributed by atoms with Gasteiger partial charge in [-0.25, -0.2) is 0 Å². The van der Waals surface area contributed by atoms with Gasteiger partial charge in [-0.3, -0.25) is 14.7 Å². The maximum atomic E-state index is 11.8. The molecule has 2 aliphatic carbocycles. The van der Waals surface area contributed by atoms with Crippen LogP contribution in [0.4, 0.5) is 0 Å². The number of allylic oxidation sites excluding steroid dienone is 1. The molecule has 0 bridgehead atoms. The summed E-state index contributed by atoms with van der Waals surface area (Å²) in [4.78, 5) is 19.5. The van der Waals surface area contributed by atoms with Crippen LogP contribution in [0.1, 0.15) is 71.1 Å². The Labute approximate surface area is 151 Å².